The molecule has 1 saturated heterocycles. The smallest absolute Gasteiger partial charge is 0.207 e. The number of hydrogen-bond acceptors (Lipinski definition) is 8. The zero-order valence-corrected chi connectivity index (χ0v) is 11.8. The predicted octanol–water partition coefficient (Wildman–Crippen LogP) is -0.673. The molecule has 0 spiro atoms. The highest BCUT2D eigenvalue weighted by Gasteiger charge is 2.45. The minimum absolute atomic E-state index is 0.0338. The second kappa shape index (κ2) is 5.35. The Morgan fingerprint density at radius 3 is 2.90 bits per heavy atom. The second-order valence-corrected chi connectivity index (χ2v) is 5.02. The number of aliphatic hydroxyl groups excluding tert-OH is 2. The van der Waals surface area contributed by atoms with Crippen LogP contribution in [-0.2, 0) is 9.47 Å². The maximum absolute atomic E-state index is 10.2. The third-order valence-electron chi connectivity index (χ3n) is 3.38. The first-order valence-corrected chi connectivity index (χ1v) is 6.56. The first-order chi connectivity index (χ1) is 10.0. The van der Waals surface area contributed by atoms with Gasteiger partial charge in [0, 0.05) is 7.11 Å². The van der Waals surface area contributed by atoms with Crippen LogP contribution in [0.4, 0.5) is 5.82 Å². The van der Waals surface area contributed by atoms with Crippen molar-refractivity contribution in [2.45, 2.75) is 24.5 Å². The number of ether oxygens (including phenoxy) is 2. The van der Waals surface area contributed by atoms with Crippen molar-refractivity contribution < 1.29 is 19.7 Å². The Balaban J connectivity index is 2.05. The molecule has 10 heteroatoms. The standard InChI is InChI=1S/C11H14ClN5O4/c1-20-2-4-6(18)7(19)10(21-4)17-9-5(16-11(17)12)8(13)14-3-15-9/h3-4,6-7,10,18-19H,2H2,1H3,(H2,13,14,15)/t4-,6-,7-,10?/m1/s1. The summed E-state index contributed by atoms with van der Waals surface area (Å²) in [6.45, 7) is 0.135. The lowest BCUT2D eigenvalue weighted by atomic mass is 10.1. The molecule has 0 aliphatic carbocycles. The largest absolute Gasteiger partial charge is 0.387 e. The molecule has 4 atom stereocenters. The average molecular weight is 316 g/mol. The zero-order chi connectivity index (χ0) is 15.1. The Hall–Kier alpha value is -1.52. The van der Waals surface area contributed by atoms with Crippen molar-refractivity contribution in [3.05, 3.63) is 11.6 Å². The third kappa shape index (κ3) is 2.23. The molecule has 3 rings (SSSR count). The quantitative estimate of drug-likeness (QED) is 0.636. The molecular weight excluding hydrogens is 302 g/mol. The highest BCUT2D eigenvalue weighted by atomic mass is 35.5. The molecule has 0 amide bonds. The molecule has 2 aromatic heterocycles. The van der Waals surface area contributed by atoms with Crippen LogP contribution in [-0.4, -0.2) is 61.8 Å². The summed E-state index contributed by atoms with van der Waals surface area (Å²) in [6.07, 6.45) is -2.66. The van der Waals surface area contributed by atoms with Crippen LogP contribution >= 0.6 is 11.6 Å². The molecule has 4 N–H and O–H groups in total. The molecule has 21 heavy (non-hydrogen) atoms. The second-order valence-electron chi connectivity index (χ2n) is 4.68. The maximum Gasteiger partial charge on any atom is 0.207 e. The molecule has 0 bridgehead atoms. The summed E-state index contributed by atoms with van der Waals surface area (Å²) >= 11 is 6.08. The number of nitrogens with zero attached hydrogens (tertiary/aromatic N) is 4. The first kappa shape index (κ1) is 14.4. The number of halogens is 1. The number of fused-ring (bicyclic) bond motifs is 1. The Morgan fingerprint density at radius 2 is 2.19 bits per heavy atom. The van der Waals surface area contributed by atoms with Gasteiger partial charge in [0.1, 0.15) is 24.6 Å². The van der Waals surface area contributed by atoms with Gasteiger partial charge in [0.25, 0.3) is 0 Å². The van der Waals surface area contributed by atoms with E-state index >= 15 is 0 Å². The van der Waals surface area contributed by atoms with E-state index in [2.05, 4.69) is 15.0 Å². The highest BCUT2D eigenvalue weighted by molar-refractivity contribution is 6.29. The van der Waals surface area contributed by atoms with Crippen LogP contribution in [0.2, 0.25) is 5.28 Å². The van der Waals surface area contributed by atoms with E-state index in [0.717, 1.165) is 0 Å². The number of aliphatic hydroxyl groups is 2. The summed E-state index contributed by atoms with van der Waals surface area (Å²) in [5.41, 5.74) is 6.35. The molecule has 1 unspecified atom stereocenters. The molecule has 0 aromatic carbocycles. The SMILES string of the molecule is COC[C@H]1OC(n2c(Cl)nc3c(N)ncnc32)[C@H](O)[C@@H]1O. The van der Waals surface area contributed by atoms with Gasteiger partial charge in [0.15, 0.2) is 23.2 Å². The van der Waals surface area contributed by atoms with Gasteiger partial charge in [-0.15, -0.1) is 0 Å². The number of hydrogen-bond donors (Lipinski definition) is 3. The van der Waals surface area contributed by atoms with E-state index < -0.39 is 24.5 Å². The number of nitrogens with two attached hydrogens (primary N) is 1. The molecule has 114 valence electrons. The summed E-state index contributed by atoms with van der Waals surface area (Å²) in [5.74, 6) is 0.169. The van der Waals surface area contributed by atoms with E-state index in [9.17, 15) is 10.2 Å². The van der Waals surface area contributed by atoms with Crippen molar-refractivity contribution in [1.82, 2.24) is 19.5 Å². The Labute approximate surface area is 124 Å². The number of imidazole rings is 1. The summed E-state index contributed by atoms with van der Waals surface area (Å²) < 4.78 is 11.9. The number of nitrogen functional groups attached to an aromatic ring is 1. The molecule has 0 radical (unpaired) electrons. The van der Waals surface area contributed by atoms with Crippen molar-refractivity contribution in [3.8, 4) is 0 Å². The lowest BCUT2D eigenvalue weighted by molar-refractivity contribution is -0.0578. The molecular formula is C11H14ClN5O4. The van der Waals surface area contributed by atoms with E-state index in [-0.39, 0.29) is 17.7 Å². The molecule has 0 saturated carbocycles. The Bertz CT molecular complexity index is 665. The fourth-order valence-electron chi connectivity index (χ4n) is 2.37. The Morgan fingerprint density at radius 1 is 1.43 bits per heavy atom. The van der Waals surface area contributed by atoms with Gasteiger partial charge in [0.2, 0.25) is 5.28 Å². The first-order valence-electron chi connectivity index (χ1n) is 6.19. The van der Waals surface area contributed by atoms with Crippen molar-refractivity contribution in [1.29, 1.82) is 0 Å². The predicted molar refractivity (Wildman–Crippen MR) is 72.5 cm³/mol. The van der Waals surface area contributed by atoms with Gasteiger partial charge >= 0.3 is 0 Å². The van der Waals surface area contributed by atoms with Crippen molar-refractivity contribution in [2.24, 2.45) is 0 Å². The summed E-state index contributed by atoms with van der Waals surface area (Å²) in [6, 6.07) is 0. The molecule has 3 heterocycles. The molecule has 1 aliphatic rings. The van der Waals surface area contributed by atoms with Gasteiger partial charge in [-0.25, -0.2) is 15.0 Å². The number of aromatic nitrogens is 4. The number of anilines is 1. The lowest BCUT2D eigenvalue weighted by Crippen LogP contribution is -2.33. The number of rotatable bonds is 3. The van der Waals surface area contributed by atoms with E-state index in [0.29, 0.717) is 11.2 Å². The van der Waals surface area contributed by atoms with Crippen molar-refractivity contribution >= 4 is 28.6 Å². The molecule has 1 fully saturated rings. The van der Waals surface area contributed by atoms with Crippen molar-refractivity contribution in [2.75, 3.05) is 19.5 Å². The fraction of sp³-hybridized carbons (Fsp3) is 0.545. The van der Waals surface area contributed by atoms with Gasteiger partial charge in [-0.3, -0.25) is 4.57 Å². The van der Waals surface area contributed by atoms with E-state index in [4.69, 9.17) is 26.8 Å². The van der Waals surface area contributed by atoms with Crippen LogP contribution in [0.25, 0.3) is 11.2 Å². The van der Waals surface area contributed by atoms with Crippen LogP contribution in [0.1, 0.15) is 6.23 Å². The van der Waals surface area contributed by atoms with Crippen LogP contribution in [0.5, 0.6) is 0 Å². The monoisotopic (exact) mass is 315 g/mol. The normalized spacial score (nSPS) is 29.3. The van der Waals surface area contributed by atoms with Crippen LogP contribution in [0.15, 0.2) is 6.33 Å². The van der Waals surface area contributed by atoms with Gasteiger partial charge in [0.05, 0.1) is 6.61 Å². The van der Waals surface area contributed by atoms with Crippen LogP contribution in [0, 0.1) is 0 Å². The van der Waals surface area contributed by atoms with E-state index in [1.54, 1.807) is 0 Å². The maximum atomic E-state index is 10.2. The lowest BCUT2D eigenvalue weighted by Gasteiger charge is -2.17. The van der Waals surface area contributed by atoms with Crippen LogP contribution < -0.4 is 5.73 Å². The summed E-state index contributed by atoms with van der Waals surface area (Å²) in [7, 11) is 1.48. The minimum Gasteiger partial charge on any atom is -0.387 e. The highest BCUT2D eigenvalue weighted by Crippen LogP contribution is 2.34. The van der Waals surface area contributed by atoms with Gasteiger partial charge < -0.3 is 25.4 Å². The Kier molecular flexibility index (Phi) is 3.68. The topological polar surface area (TPSA) is 129 Å². The van der Waals surface area contributed by atoms with Gasteiger partial charge in [-0.05, 0) is 11.6 Å². The molecule has 1 aliphatic heterocycles. The number of methoxy groups -OCH3 is 1. The van der Waals surface area contributed by atoms with Gasteiger partial charge in [-0.2, -0.15) is 0 Å². The third-order valence-corrected chi connectivity index (χ3v) is 3.65. The fourth-order valence-corrected chi connectivity index (χ4v) is 2.63. The average Bonchev–Trinajstić information content (AvgIpc) is 2.92. The van der Waals surface area contributed by atoms with Gasteiger partial charge in [-0.1, -0.05) is 0 Å². The molecule has 9 nitrogen and oxygen atoms in total. The van der Waals surface area contributed by atoms with E-state index in [1.807, 2.05) is 0 Å². The summed E-state index contributed by atoms with van der Waals surface area (Å²) in [4.78, 5) is 11.9. The van der Waals surface area contributed by atoms with Crippen LogP contribution in [0.3, 0.4) is 0 Å². The minimum atomic E-state index is -1.20. The molecule has 2 aromatic rings. The zero-order valence-electron chi connectivity index (χ0n) is 11.0. The summed E-state index contributed by atoms with van der Waals surface area (Å²) in [5, 5.41) is 20.2. The van der Waals surface area contributed by atoms with E-state index in [1.165, 1.54) is 18.0 Å². The van der Waals surface area contributed by atoms with Crippen molar-refractivity contribution in [3.63, 3.8) is 0 Å².